The van der Waals surface area contributed by atoms with E-state index < -0.39 is 0 Å². The van der Waals surface area contributed by atoms with Crippen LogP contribution in [0.2, 0.25) is 0 Å². The molecule has 1 aliphatic heterocycles. The third-order valence-corrected chi connectivity index (χ3v) is 3.34. The summed E-state index contributed by atoms with van der Waals surface area (Å²) in [6, 6.07) is 1.47. The molecule has 0 spiro atoms. The van der Waals surface area contributed by atoms with Crippen molar-refractivity contribution < 1.29 is 0 Å². The van der Waals surface area contributed by atoms with Crippen molar-refractivity contribution in [1.29, 1.82) is 0 Å². The van der Waals surface area contributed by atoms with E-state index in [4.69, 9.17) is 0 Å². The smallest absolute Gasteiger partial charge is 0.0197 e. The molecule has 0 aliphatic carbocycles. The average Bonchev–Trinajstić information content (AvgIpc) is 2.29. The summed E-state index contributed by atoms with van der Waals surface area (Å²) in [5.41, 5.74) is 0. The van der Waals surface area contributed by atoms with Crippen molar-refractivity contribution in [2.24, 2.45) is 5.92 Å². The summed E-state index contributed by atoms with van der Waals surface area (Å²) >= 11 is 0. The number of hydrogen-bond donors (Lipinski definition) is 1. The summed E-state index contributed by atoms with van der Waals surface area (Å²) < 4.78 is 0. The van der Waals surface area contributed by atoms with Gasteiger partial charge in [-0.25, -0.2) is 0 Å². The van der Waals surface area contributed by atoms with Gasteiger partial charge in [0.25, 0.3) is 0 Å². The zero-order valence-corrected chi connectivity index (χ0v) is 10.9. The molecule has 1 rings (SSSR count). The van der Waals surface area contributed by atoms with Crippen LogP contribution >= 0.6 is 0 Å². The Morgan fingerprint density at radius 2 is 2.13 bits per heavy atom. The molecule has 1 saturated heterocycles. The van der Waals surface area contributed by atoms with Crippen LogP contribution in [0.4, 0.5) is 0 Å². The molecule has 1 fully saturated rings. The Balaban J connectivity index is 2.47. The first-order chi connectivity index (χ1) is 7.13. The number of nitrogens with one attached hydrogen (secondary N) is 1. The molecule has 0 aromatic carbocycles. The van der Waals surface area contributed by atoms with Crippen LogP contribution in [0.3, 0.4) is 0 Å². The monoisotopic (exact) mass is 212 g/mol. The molecular formula is C13H28N2. The van der Waals surface area contributed by atoms with Crippen molar-refractivity contribution in [3.05, 3.63) is 0 Å². The summed E-state index contributed by atoms with van der Waals surface area (Å²) in [7, 11) is 0. The lowest BCUT2D eigenvalue weighted by molar-refractivity contribution is 0.198. The largest absolute Gasteiger partial charge is 0.313 e. The van der Waals surface area contributed by atoms with Crippen LogP contribution < -0.4 is 5.32 Å². The molecular weight excluding hydrogens is 184 g/mol. The maximum Gasteiger partial charge on any atom is 0.0197 e. The SMILES string of the molecule is CCCN1CC(CC(C)C)NCCC1C. The molecule has 0 aromatic rings. The van der Waals surface area contributed by atoms with Gasteiger partial charge >= 0.3 is 0 Å². The predicted molar refractivity (Wildman–Crippen MR) is 67.2 cm³/mol. The summed E-state index contributed by atoms with van der Waals surface area (Å²) in [5, 5.41) is 3.69. The first kappa shape index (κ1) is 13.0. The van der Waals surface area contributed by atoms with Crippen LogP contribution in [0.15, 0.2) is 0 Å². The maximum absolute atomic E-state index is 3.69. The highest BCUT2D eigenvalue weighted by Crippen LogP contribution is 2.14. The molecule has 2 atom stereocenters. The second-order valence-corrected chi connectivity index (χ2v) is 5.41. The average molecular weight is 212 g/mol. The Labute approximate surface area is 95.4 Å². The van der Waals surface area contributed by atoms with Gasteiger partial charge in [0.05, 0.1) is 0 Å². The van der Waals surface area contributed by atoms with Gasteiger partial charge in [-0.1, -0.05) is 20.8 Å². The van der Waals surface area contributed by atoms with Gasteiger partial charge in [0.1, 0.15) is 0 Å². The molecule has 1 N–H and O–H groups in total. The van der Waals surface area contributed by atoms with E-state index in [1.54, 1.807) is 0 Å². The van der Waals surface area contributed by atoms with E-state index in [0.29, 0.717) is 6.04 Å². The first-order valence-corrected chi connectivity index (χ1v) is 6.61. The Kier molecular flexibility index (Phi) is 5.62. The Bertz CT molecular complexity index is 168. The van der Waals surface area contributed by atoms with Crippen molar-refractivity contribution in [1.82, 2.24) is 10.2 Å². The van der Waals surface area contributed by atoms with E-state index in [0.717, 1.165) is 12.0 Å². The number of rotatable bonds is 4. The van der Waals surface area contributed by atoms with Crippen LogP contribution in [0.25, 0.3) is 0 Å². The van der Waals surface area contributed by atoms with Crippen LogP contribution in [0.5, 0.6) is 0 Å². The van der Waals surface area contributed by atoms with E-state index in [-0.39, 0.29) is 0 Å². The van der Waals surface area contributed by atoms with Gasteiger partial charge in [0.15, 0.2) is 0 Å². The van der Waals surface area contributed by atoms with E-state index >= 15 is 0 Å². The maximum atomic E-state index is 3.69. The molecule has 0 aromatic heterocycles. The fourth-order valence-electron chi connectivity index (χ4n) is 2.53. The topological polar surface area (TPSA) is 15.3 Å². The zero-order valence-electron chi connectivity index (χ0n) is 10.9. The minimum atomic E-state index is 0.710. The fourth-order valence-corrected chi connectivity index (χ4v) is 2.53. The van der Waals surface area contributed by atoms with Crippen LogP contribution in [-0.2, 0) is 0 Å². The van der Waals surface area contributed by atoms with Crippen LogP contribution in [0, 0.1) is 5.92 Å². The van der Waals surface area contributed by atoms with Crippen LogP contribution in [0.1, 0.15) is 47.0 Å². The first-order valence-electron chi connectivity index (χ1n) is 6.61. The van der Waals surface area contributed by atoms with Crippen molar-refractivity contribution >= 4 is 0 Å². The normalized spacial score (nSPS) is 29.4. The highest BCUT2D eigenvalue weighted by molar-refractivity contribution is 4.81. The van der Waals surface area contributed by atoms with E-state index in [9.17, 15) is 0 Å². The minimum Gasteiger partial charge on any atom is -0.313 e. The predicted octanol–water partition coefficient (Wildman–Crippen LogP) is 2.49. The lowest BCUT2D eigenvalue weighted by Crippen LogP contribution is -2.41. The lowest BCUT2D eigenvalue weighted by atomic mass is 10.0. The molecule has 1 heterocycles. The molecule has 2 nitrogen and oxygen atoms in total. The quantitative estimate of drug-likeness (QED) is 0.770. The van der Waals surface area contributed by atoms with E-state index in [1.165, 1.54) is 38.9 Å². The summed E-state index contributed by atoms with van der Waals surface area (Å²) in [4.78, 5) is 2.66. The third-order valence-electron chi connectivity index (χ3n) is 3.34. The molecule has 0 amide bonds. The van der Waals surface area contributed by atoms with E-state index in [1.807, 2.05) is 0 Å². The van der Waals surface area contributed by atoms with Gasteiger partial charge in [-0.05, 0) is 45.2 Å². The van der Waals surface area contributed by atoms with Crippen molar-refractivity contribution in [3.63, 3.8) is 0 Å². The van der Waals surface area contributed by atoms with Gasteiger partial charge in [-0.3, -0.25) is 4.90 Å². The molecule has 0 bridgehead atoms. The molecule has 1 aliphatic rings. The van der Waals surface area contributed by atoms with Gasteiger partial charge in [-0.15, -0.1) is 0 Å². The molecule has 0 saturated carbocycles. The molecule has 0 radical (unpaired) electrons. The third kappa shape index (κ3) is 4.52. The van der Waals surface area contributed by atoms with E-state index in [2.05, 4.69) is 37.9 Å². The van der Waals surface area contributed by atoms with Gasteiger partial charge in [0, 0.05) is 18.6 Å². The van der Waals surface area contributed by atoms with Gasteiger partial charge < -0.3 is 5.32 Å². The van der Waals surface area contributed by atoms with Crippen LogP contribution in [-0.4, -0.2) is 36.6 Å². The van der Waals surface area contributed by atoms with Crippen molar-refractivity contribution in [2.45, 2.75) is 59.0 Å². The minimum absolute atomic E-state index is 0.710. The highest BCUT2D eigenvalue weighted by Gasteiger charge is 2.22. The Hall–Kier alpha value is -0.0800. The molecule has 15 heavy (non-hydrogen) atoms. The summed E-state index contributed by atoms with van der Waals surface area (Å²) in [5.74, 6) is 0.805. The Morgan fingerprint density at radius 1 is 1.40 bits per heavy atom. The zero-order chi connectivity index (χ0) is 11.3. The second kappa shape index (κ2) is 6.49. The van der Waals surface area contributed by atoms with Crippen molar-refractivity contribution in [2.75, 3.05) is 19.6 Å². The fraction of sp³-hybridized carbons (Fsp3) is 1.00. The van der Waals surface area contributed by atoms with Gasteiger partial charge in [0.2, 0.25) is 0 Å². The number of hydrogen-bond acceptors (Lipinski definition) is 2. The lowest BCUT2D eigenvalue weighted by Gasteiger charge is -2.29. The molecule has 2 heteroatoms. The van der Waals surface area contributed by atoms with Gasteiger partial charge in [-0.2, -0.15) is 0 Å². The molecule has 90 valence electrons. The summed E-state index contributed by atoms with van der Waals surface area (Å²) in [6.07, 6.45) is 3.89. The Morgan fingerprint density at radius 3 is 2.73 bits per heavy atom. The number of nitrogens with zero attached hydrogens (tertiary/aromatic N) is 1. The summed E-state index contributed by atoms with van der Waals surface area (Å²) in [6.45, 7) is 13.0. The standard InChI is InChI=1S/C13H28N2/c1-5-8-15-10-13(9-11(2)3)14-7-6-12(15)4/h11-14H,5-10H2,1-4H3. The highest BCUT2D eigenvalue weighted by atomic mass is 15.2. The van der Waals surface area contributed by atoms with Crippen molar-refractivity contribution in [3.8, 4) is 0 Å². The second-order valence-electron chi connectivity index (χ2n) is 5.41. The molecule has 2 unspecified atom stereocenters.